The molecule has 0 aliphatic heterocycles. The lowest BCUT2D eigenvalue weighted by atomic mass is 10.1. The SMILES string of the molecule is CNC(C(=O)NCc1ccc(NC(N)=O)cc1)c1cnn(C)c1. The fourth-order valence-electron chi connectivity index (χ4n) is 2.18. The van der Waals surface area contributed by atoms with Crippen molar-refractivity contribution in [2.24, 2.45) is 12.8 Å². The first kappa shape index (κ1) is 16.5. The standard InChI is InChI=1S/C15H20N6O2/c1-17-13(11-8-19-21(2)9-11)14(22)18-7-10-3-5-12(6-4-10)20-15(16)23/h3-6,8-9,13,17H,7H2,1-2H3,(H,18,22)(H3,16,20,23). The van der Waals surface area contributed by atoms with Crippen LogP contribution in [0.5, 0.6) is 0 Å². The van der Waals surface area contributed by atoms with Gasteiger partial charge in [-0.25, -0.2) is 4.79 Å². The van der Waals surface area contributed by atoms with Gasteiger partial charge in [0.15, 0.2) is 0 Å². The molecule has 0 spiro atoms. The average molecular weight is 316 g/mol. The number of urea groups is 1. The predicted molar refractivity (Wildman–Crippen MR) is 86.5 cm³/mol. The van der Waals surface area contributed by atoms with E-state index in [2.05, 4.69) is 21.0 Å². The summed E-state index contributed by atoms with van der Waals surface area (Å²) in [4.78, 5) is 23.0. The van der Waals surface area contributed by atoms with E-state index < -0.39 is 12.1 Å². The molecular formula is C15H20N6O2. The highest BCUT2D eigenvalue weighted by Gasteiger charge is 2.19. The number of aromatic nitrogens is 2. The molecule has 3 amide bonds. The number of nitrogens with two attached hydrogens (primary N) is 1. The van der Waals surface area contributed by atoms with Crippen LogP contribution in [0.1, 0.15) is 17.2 Å². The Morgan fingerprint density at radius 3 is 2.52 bits per heavy atom. The molecule has 2 rings (SSSR count). The monoisotopic (exact) mass is 316 g/mol. The molecule has 1 unspecified atom stereocenters. The second-order valence-electron chi connectivity index (χ2n) is 5.07. The molecule has 122 valence electrons. The molecule has 2 aromatic rings. The average Bonchev–Trinajstić information content (AvgIpc) is 2.93. The Bertz CT molecular complexity index is 680. The van der Waals surface area contributed by atoms with E-state index in [0.29, 0.717) is 12.2 Å². The van der Waals surface area contributed by atoms with Crippen LogP contribution >= 0.6 is 0 Å². The Labute approximate surface area is 134 Å². The molecule has 23 heavy (non-hydrogen) atoms. The summed E-state index contributed by atoms with van der Waals surface area (Å²) in [7, 11) is 3.53. The molecule has 1 heterocycles. The first-order chi connectivity index (χ1) is 11.0. The van der Waals surface area contributed by atoms with Crippen molar-refractivity contribution < 1.29 is 9.59 Å². The topological polar surface area (TPSA) is 114 Å². The zero-order chi connectivity index (χ0) is 16.8. The van der Waals surface area contributed by atoms with Crippen molar-refractivity contribution in [3.63, 3.8) is 0 Å². The minimum atomic E-state index is -0.612. The summed E-state index contributed by atoms with van der Waals surface area (Å²) in [6, 6.07) is 6.00. The highest BCUT2D eigenvalue weighted by Crippen LogP contribution is 2.12. The number of primary amides is 1. The number of carbonyl (C=O) groups excluding carboxylic acids is 2. The summed E-state index contributed by atoms with van der Waals surface area (Å²) in [5.41, 5.74) is 7.36. The molecule has 0 saturated heterocycles. The molecule has 8 nitrogen and oxygen atoms in total. The fourth-order valence-corrected chi connectivity index (χ4v) is 2.18. The predicted octanol–water partition coefficient (Wildman–Crippen LogP) is 0.488. The largest absolute Gasteiger partial charge is 0.351 e. The number of benzene rings is 1. The Balaban J connectivity index is 1.93. The summed E-state index contributed by atoms with van der Waals surface area (Å²) in [5.74, 6) is -0.139. The van der Waals surface area contributed by atoms with Gasteiger partial charge in [0.2, 0.25) is 5.91 Å². The number of nitrogens with zero attached hydrogens (tertiary/aromatic N) is 2. The van der Waals surface area contributed by atoms with Gasteiger partial charge in [-0.15, -0.1) is 0 Å². The van der Waals surface area contributed by atoms with Gasteiger partial charge in [-0.05, 0) is 24.7 Å². The Morgan fingerprint density at radius 2 is 2.00 bits per heavy atom. The van der Waals surface area contributed by atoms with E-state index in [1.54, 1.807) is 43.3 Å². The normalized spacial score (nSPS) is 11.7. The van der Waals surface area contributed by atoms with E-state index in [0.717, 1.165) is 11.1 Å². The number of rotatable bonds is 6. The zero-order valence-corrected chi connectivity index (χ0v) is 13.0. The second kappa shape index (κ2) is 7.41. The van der Waals surface area contributed by atoms with Crippen LogP contribution in [0.15, 0.2) is 36.7 Å². The molecule has 1 aromatic heterocycles. The number of carbonyl (C=O) groups is 2. The van der Waals surface area contributed by atoms with Gasteiger partial charge in [-0.1, -0.05) is 12.1 Å². The molecule has 0 saturated carbocycles. The zero-order valence-electron chi connectivity index (χ0n) is 13.0. The molecule has 1 atom stereocenters. The first-order valence-corrected chi connectivity index (χ1v) is 7.08. The number of likely N-dealkylation sites (N-methyl/N-ethyl adjacent to an activating group) is 1. The molecule has 0 bridgehead atoms. The van der Waals surface area contributed by atoms with Gasteiger partial charge in [0.05, 0.1) is 6.20 Å². The van der Waals surface area contributed by atoms with Gasteiger partial charge >= 0.3 is 6.03 Å². The quantitative estimate of drug-likeness (QED) is 0.621. The fraction of sp³-hybridized carbons (Fsp3) is 0.267. The summed E-state index contributed by atoms with van der Waals surface area (Å²) in [6.07, 6.45) is 3.45. The van der Waals surface area contributed by atoms with Crippen molar-refractivity contribution >= 4 is 17.6 Å². The maximum Gasteiger partial charge on any atom is 0.316 e. The molecule has 0 radical (unpaired) electrons. The van der Waals surface area contributed by atoms with E-state index in [9.17, 15) is 9.59 Å². The van der Waals surface area contributed by atoms with Crippen molar-refractivity contribution in [1.82, 2.24) is 20.4 Å². The third-order valence-electron chi connectivity index (χ3n) is 3.30. The van der Waals surface area contributed by atoms with Crippen molar-refractivity contribution in [3.8, 4) is 0 Å². The van der Waals surface area contributed by atoms with Crippen LogP contribution < -0.4 is 21.7 Å². The van der Waals surface area contributed by atoms with Crippen LogP contribution in [-0.2, 0) is 18.4 Å². The Hall–Kier alpha value is -2.87. The van der Waals surface area contributed by atoms with Crippen LogP contribution in [0.3, 0.4) is 0 Å². The van der Waals surface area contributed by atoms with Crippen LogP contribution in [0.4, 0.5) is 10.5 Å². The highest BCUT2D eigenvalue weighted by molar-refractivity contribution is 5.87. The van der Waals surface area contributed by atoms with Gasteiger partial charge in [0.1, 0.15) is 6.04 Å². The minimum absolute atomic E-state index is 0.139. The van der Waals surface area contributed by atoms with Crippen LogP contribution in [0, 0.1) is 0 Å². The van der Waals surface area contributed by atoms with Gasteiger partial charge in [0.25, 0.3) is 0 Å². The third-order valence-corrected chi connectivity index (χ3v) is 3.30. The molecule has 0 aliphatic carbocycles. The van der Waals surface area contributed by atoms with E-state index in [1.165, 1.54) is 0 Å². The van der Waals surface area contributed by atoms with E-state index in [-0.39, 0.29) is 5.91 Å². The molecule has 8 heteroatoms. The third kappa shape index (κ3) is 4.55. The smallest absolute Gasteiger partial charge is 0.316 e. The lowest BCUT2D eigenvalue weighted by Gasteiger charge is -2.14. The van der Waals surface area contributed by atoms with Gasteiger partial charge in [0, 0.05) is 31.0 Å². The Morgan fingerprint density at radius 1 is 1.30 bits per heavy atom. The molecule has 0 aliphatic rings. The van der Waals surface area contributed by atoms with Crippen molar-refractivity contribution in [3.05, 3.63) is 47.8 Å². The van der Waals surface area contributed by atoms with Gasteiger partial charge in [-0.2, -0.15) is 5.10 Å². The van der Waals surface area contributed by atoms with Gasteiger partial charge in [-0.3, -0.25) is 9.48 Å². The summed E-state index contributed by atoms with van der Waals surface area (Å²) < 4.78 is 1.65. The van der Waals surface area contributed by atoms with E-state index in [1.807, 2.05) is 12.1 Å². The van der Waals surface area contributed by atoms with Crippen LogP contribution in [0.2, 0.25) is 0 Å². The second-order valence-corrected chi connectivity index (χ2v) is 5.07. The minimum Gasteiger partial charge on any atom is -0.351 e. The number of anilines is 1. The first-order valence-electron chi connectivity index (χ1n) is 7.08. The number of aryl methyl sites for hydroxylation is 1. The maximum absolute atomic E-state index is 12.3. The van der Waals surface area contributed by atoms with Crippen molar-refractivity contribution in [2.75, 3.05) is 12.4 Å². The maximum atomic E-state index is 12.3. The number of amides is 3. The summed E-state index contributed by atoms with van der Waals surface area (Å²) in [5, 5.41) is 12.4. The lowest BCUT2D eigenvalue weighted by molar-refractivity contribution is -0.123. The summed E-state index contributed by atoms with van der Waals surface area (Å²) in [6.45, 7) is 0.383. The van der Waals surface area contributed by atoms with E-state index >= 15 is 0 Å². The number of hydrogen-bond acceptors (Lipinski definition) is 4. The van der Waals surface area contributed by atoms with Crippen LogP contribution in [-0.4, -0.2) is 28.8 Å². The Kier molecular flexibility index (Phi) is 5.32. The molecule has 0 fully saturated rings. The van der Waals surface area contributed by atoms with Crippen LogP contribution in [0.25, 0.3) is 0 Å². The van der Waals surface area contributed by atoms with Crippen molar-refractivity contribution in [2.45, 2.75) is 12.6 Å². The van der Waals surface area contributed by atoms with Crippen molar-refractivity contribution in [1.29, 1.82) is 0 Å². The number of hydrogen-bond donors (Lipinski definition) is 4. The highest BCUT2D eigenvalue weighted by atomic mass is 16.2. The molecule has 1 aromatic carbocycles. The lowest BCUT2D eigenvalue weighted by Crippen LogP contribution is -2.35. The van der Waals surface area contributed by atoms with Gasteiger partial charge < -0.3 is 21.7 Å². The summed E-state index contributed by atoms with van der Waals surface area (Å²) >= 11 is 0. The van der Waals surface area contributed by atoms with E-state index in [4.69, 9.17) is 5.73 Å². The molecule has 5 N–H and O–H groups in total. The molecular weight excluding hydrogens is 296 g/mol. The number of nitrogens with one attached hydrogen (secondary N) is 3.